The maximum Gasteiger partial charge on any atom is 0.246 e. The van der Waals surface area contributed by atoms with Gasteiger partial charge in [0.1, 0.15) is 6.54 Å². The number of carbonyl (C=O) groups excluding carboxylic acids is 2. The highest BCUT2D eigenvalue weighted by molar-refractivity contribution is 5.98. The fraction of sp³-hybridized carbons (Fsp3) is 0.304. The smallest absolute Gasteiger partial charge is 0.246 e. The number of allylic oxidation sites excluding steroid dienone is 1. The topological polar surface area (TPSA) is 40.6 Å². The molecule has 4 heteroatoms. The van der Waals surface area contributed by atoms with Crippen LogP contribution in [-0.2, 0) is 16.0 Å². The quantitative estimate of drug-likeness (QED) is 0.760. The number of hydrogen-bond donors (Lipinski definition) is 0. The molecule has 0 aliphatic carbocycles. The van der Waals surface area contributed by atoms with Gasteiger partial charge in [0, 0.05) is 18.7 Å². The zero-order valence-electron chi connectivity index (χ0n) is 16.0. The summed E-state index contributed by atoms with van der Waals surface area (Å²) in [6.07, 6.45) is 4.78. The fourth-order valence-corrected chi connectivity index (χ4v) is 3.43. The summed E-state index contributed by atoms with van der Waals surface area (Å²) in [4.78, 5) is 29.0. The van der Waals surface area contributed by atoms with Crippen LogP contribution in [0, 0.1) is 6.92 Å². The van der Waals surface area contributed by atoms with Gasteiger partial charge in [-0.2, -0.15) is 0 Å². The lowest BCUT2D eigenvalue weighted by Crippen LogP contribution is -2.58. The van der Waals surface area contributed by atoms with Crippen LogP contribution in [0.5, 0.6) is 0 Å². The minimum Gasteiger partial charge on any atom is -0.328 e. The van der Waals surface area contributed by atoms with Crippen molar-refractivity contribution >= 4 is 17.5 Å². The molecule has 0 N–H and O–H groups in total. The van der Waals surface area contributed by atoms with E-state index in [0.29, 0.717) is 13.0 Å². The zero-order chi connectivity index (χ0) is 19.2. The van der Waals surface area contributed by atoms with E-state index in [2.05, 4.69) is 12.1 Å². The van der Waals surface area contributed by atoms with Gasteiger partial charge in [0.25, 0.3) is 0 Å². The second kappa shape index (κ2) is 8.67. The fourth-order valence-electron chi connectivity index (χ4n) is 3.43. The Labute approximate surface area is 161 Å². The molecule has 0 unspecified atom stereocenters. The molecule has 1 heterocycles. The molecule has 140 valence electrons. The van der Waals surface area contributed by atoms with E-state index in [1.165, 1.54) is 5.56 Å². The van der Waals surface area contributed by atoms with E-state index in [1.54, 1.807) is 4.90 Å². The first kappa shape index (κ1) is 18.9. The van der Waals surface area contributed by atoms with E-state index in [-0.39, 0.29) is 24.4 Å². The van der Waals surface area contributed by atoms with Crippen LogP contribution in [0.3, 0.4) is 0 Å². The standard InChI is InChI=1S/C23H26N2O2/c1-3-4-10-22(26)25-17-23(27)24(20-13-11-18(2)12-14-20)16-21(25)15-19-8-6-5-7-9-19/h3-9,11-14,21H,10,15-17H2,1-2H3/b4-3+/t21-/m1/s1. The second-order valence-electron chi connectivity index (χ2n) is 6.98. The molecule has 1 aliphatic heterocycles. The minimum atomic E-state index is -0.0378. The van der Waals surface area contributed by atoms with Gasteiger partial charge in [-0.05, 0) is 38.0 Å². The first-order valence-corrected chi connectivity index (χ1v) is 9.40. The molecule has 2 amide bonds. The number of amides is 2. The SMILES string of the molecule is C/C=C/CC(=O)N1CC(=O)N(c2ccc(C)cc2)C[C@H]1Cc1ccccc1. The van der Waals surface area contributed by atoms with Crippen LogP contribution in [0.4, 0.5) is 5.69 Å². The highest BCUT2D eigenvalue weighted by atomic mass is 16.2. The first-order chi connectivity index (χ1) is 13.1. The van der Waals surface area contributed by atoms with Crippen LogP contribution >= 0.6 is 0 Å². The lowest BCUT2D eigenvalue weighted by Gasteiger charge is -2.41. The Balaban J connectivity index is 1.85. The summed E-state index contributed by atoms with van der Waals surface area (Å²) in [5, 5.41) is 0. The second-order valence-corrected chi connectivity index (χ2v) is 6.98. The molecule has 0 saturated carbocycles. The van der Waals surface area contributed by atoms with Crippen molar-refractivity contribution in [2.75, 3.05) is 18.0 Å². The van der Waals surface area contributed by atoms with E-state index in [0.717, 1.165) is 17.7 Å². The molecule has 2 aromatic carbocycles. The third-order valence-electron chi connectivity index (χ3n) is 4.95. The number of aryl methyl sites for hydroxylation is 1. The summed E-state index contributed by atoms with van der Waals surface area (Å²) in [5.74, 6) is -0.0251. The van der Waals surface area contributed by atoms with Crippen LogP contribution in [0.15, 0.2) is 66.7 Å². The number of piperazine rings is 1. The normalized spacial score (nSPS) is 17.6. The number of carbonyl (C=O) groups is 2. The maximum atomic E-state index is 12.8. The van der Waals surface area contributed by atoms with Crippen LogP contribution in [0.25, 0.3) is 0 Å². The molecule has 1 aliphatic rings. The van der Waals surface area contributed by atoms with Gasteiger partial charge in [0.2, 0.25) is 11.8 Å². The molecule has 1 saturated heterocycles. The number of benzene rings is 2. The van der Waals surface area contributed by atoms with Crippen molar-refractivity contribution in [2.45, 2.75) is 32.7 Å². The van der Waals surface area contributed by atoms with E-state index in [9.17, 15) is 9.59 Å². The lowest BCUT2D eigenvalue weighted by molar-refractivity contribution is -0.139. The van der Waals surface area contributed by atoms with Gasteiger partial charge in [-0.1, -0.05) is 60.2 Å². The largest absolute Gasteiger partial charge is 0.328 e. The number of anilines is 1. The van der Waals surface area contributed by atoms with Crippen LogP contribution in [0.1, 0.15) is 24.5 Å². The number of rotatable bonds is 5. The maximum absolute atomic E-state index is 12.8. The summed E-state index contributed by atoms with van der Waals surface area (Å²) in [6.45, 7) is 4.57. The molecule has 0 aromatic heterocycles. The summed E-state index contributed by atoms with van der Waals surface area (Å²) >= 11 is 0. The van der Waals surface area contributed by atoms with E-state index in [4.69, 9.17) is 0 Å². The van der Waals surface area contributed by atoms with Crippen molar-refractivity contribution in [3.8, 4) is 0 Å². The Kier molecular flexibility index (Phi) is 6.07. The van der Waals surface area contributed by atoms with Gasteiger partial charge in [-0.15, -0.1) is 0 Å². The van der Waals surface area contributed by atoms with Gasteiger partial charge in [-0.3, -0.25) is 9.59 Å². The Morgan fingerprint density at radius 1 is 1.11 bits per heavy atom. The lowest BCUT2D eigenvalue weighted by atomic mass is 10.0. The van der Waals surface area contributed by atoms with Crippen molar-refractivity contribution in [1.82, 2.24) is 4.90 Å². The van der Waals surface area contributed by atoms with Crippen LogP contribution < -0.4 is 4.90 Å². The molecule has 1 atom stereocenters. The Bertz CT molecular complexity index is 812. The molecule has 2 aromatic rings. The molecule has 1 fully saturated rings. The highest BCUT2D eigenvalue weighted by Crippen LogP contribution is 2.23. The summed E-state index contributed by atoms with van der Waals surface area (Å²) in [5.41, 5.74) is 3.22. The van der Waals surface area contributed by atoms with E-state index < -0.39 is 0 Å². The Hall–Kier alpha value is -2.88. The molecule has 0 spiro atoms. The van der Waals surface area contributed by atoms with Gasteiger partial charge in [-0.25, -0.2) is 0 Å². The Morgan fingerprint density at radius 2 is 1.81 bits per heavy atom. The number of hydrogen-bond acceptors (Lipinski definition) is 2. The average molecular weight is 362 g/mol. The molecule has 0 bridgehead atoms. The van der Waals surface area contributed by atoms with Crippen LogP contribution in [0.2, 0.25) is 0 Å². The number of nitrogens with zero attached hydrogens (tertiary/aromatic N) is 2. The molecule has 3 rings (SSSR count). The van der Waals surface area contributed by atoms with Gasteiger partial charge >= 0.3 is 0 Å². The molecule has 4 nitrogen and oxygen atoms in total. The van der Waals surface area contributed by atoms with Gasteiger partial charge < -0.3 is 9.80 Å². The van der Waals surface area contributed by atoms with Crippen molar-refractivity contribution < 1.29 is 9.59 Å². The van der Waals surface area contributed by atoms with Crippen molar-refractivity contribution in [1.29, 1.82) is 0 Å². The van der Waals surface area contributed by atoms with Crippen LogP contribution in [-0.4, -0.2) is 35.8 Å². The Morgan fingerprint density at radius 3 is 2.48 bits per heavy atom. The minimum absolute atomic E-state index is 0.00550. The summed E-state index contributed by atoms with van der Waals surface area (Å²) in [6, 6.07) is 18.1. The zero-order valence-corrected chi connectivity index (χ0v) is 16.0. The predicted molar refractivity (Wildman–Crippen MR) is 109 cm³/mol. The monoisotopic (exact) mass is 362 g/mol. The molecular weight excluding hydrogens is 336 g/mol. The average Bonchev–Trinajstić information content (AvgIpc) is 2.68. The molecule has 0 radical (unpaired) electrons. The predicted octanol–water partition coefficient (Wildman–Crippen LogP) is 3.75. The third-order valence-corrected chi connectivity index (χ3v) is 4.95. The van der Waals surface area contributed by atoms with Gasteiger partial charge in [0.05, 0.1) is 6.04 Å². The molecule has 27 heavy (non-hydrogen) atoms. The van der Waals surface area contributed by atoms with E-state index >= 15 is 0 Å². The summed E-state index contributed by atoms with van der Waals surface area (Å²) in [7, 11) is 0. The first-order valence-electron chi connectivity index (χ1n) is 9.40. The molecular formula is C23H26N2O2. The van der Waals surface area contributed by atoms with Gasteiger partial charge in [0.15, 0.2) is 0 Å². The van der Waals surface area contributed by atoms with Crippen molar-refractivity contribution in [3.05, 3.63) is 77.9 Å². The third kappa shape index (κ3) is 4.64. The summed E-state index contributed by atoms with van der Waals surface area (Å²) < 4.78 is 0. The van der Waals surface area contributed by atoms with E-state index in [1.807, 2.05) is 73.4 Å². The van der Waals surface area contributed by atoms with Crippen molar-refractivity contribution in [2.24, 2.45) is 0 Å². The highest BCUT2D eigenvalue weighted by Gasteiger charge is 2.35. The van der Waals surface area contributed by atoms with Crippen molar-refractivity contribution in [3.63, 3.8) is 0 Å².